The molecule has 4 nitrogen and oxygen atoms in total. The fourth-order valence-corrected chi connectivity index (χ4v) is 4.94. The standard InChI is InChI=1S/C29H33ClN2O2S/c1-21(2)31-29(34)27(17-23-10-5-4-6-11-23)32(18-24-13-15-26(30)16-14-24)28(33)20-35-19-25-12-8-7-9-22(25)3/h4-16,21,27H,17-20H2,1-3H3,(H,31,34)/t27-/m0/s1. The number of hydrogen-bond donors (Lipinski definition) is 1. The van der Waals surface area contributed by atoms with Crippen molar-refractivity contribution in [2.24, 2.45) is 0 Å². The highest BCUT2D eigenvalue weighted by atomic mass is 35.5. The third-order valence-corrected chi connectivity index (χ3v) is 6.93. The van der Waals surface area contributed by atoms with Crippen LogP contribution in [-0.2, 0) is 28.3 Å². The van der Waals surface area contributed by atoms with Gasteiger partial charge in [0.1, 0.15) is 6.04 Å². The van der Waals surface area contributed by atoms with Gasteiger partial charge in [-0.15, -0.1) is 11.8 Å². The van der Waals surface area contributed by atoms with Crippen LogP contribution in [0.15, 0.2) is 78.9 Å². The number of thioether (sulfide) groups is 1. The second-order valence-corrected chi connectivity index (χ2v) is 10.4. The molecule has 0 aliphatic carbocycles. The summed E-state index contributed by atoms with van der Waals surface area (Å²) in [6.45, 7) is 6.28. The molecule has 0 aromatic heterocycles. The van der Waals surface area contributed by atoms with Crippen molar-refractivity contribution in [2.75, 3.05) is 5.75 Å². The van der Waals surface area contributed by atoms with Crippen LogP contribution in [0.4, 0.5) is 0 Å². The SMILES string of the molecule is Cc1ccccc1CSCC(=O)N(Cc1ccc(Cl)cc1)[C@@H](Cc1ccccc1)C(=O)NC(C)C. The van der Waals surface area contributed by atoms with E-state index in [0.29, 0.717) is 23.7 Å². The average Bonchev–Trinajstić information content (AvgIpc) is 2.84. The van der Waals surface area contributed by atoms with Crippen molar-refractivity contribution < 1.29 is 9.59 Å². The summed E-state index contributed by atoms with van der Waals surface area (Å²) in [7, 11) is 0. The molecule has 3 aromatic carbocycles. The Labute approximate surface area is 218 Å². The van der Waals surface area contributed by atoms with Crippen molar-refractivity contribution >= 4 is 35.2 Å². The number of carbonyl (C=O) groups excluding carboxylic acids is 2. The summed E-state index contributed by atoms with van der Waals surface area (Å²) < 4.78 is 0. The number of hydrogen-bond acceptors (Lipinski definition) is 3. The Morgan fingerprint density at radius 2 is 1.57 bits per heavy atom. The lowest BCUT2D eigenvalue weighted by Crippen LogP contribution is -2.52. The molecular formula is C29H33ClN2O2S. The van der Waals surface area contributed by atoms with Gasteiger partial charge in [-0.3, -0.25) is 9.59 Å². The van der Waals surface area contributed by atoms with Crippen LogP contribution in [0.2, 0.25) is 5.02 Å². The van der Waals surface area contributed by atoms with Gasteiger partial charge in [0.15, 0.2) is 0 Å². The van der Waals surface area contributed by atoms with E-state index >= 15 is 0 Å². The molecule has 35 heavy (non-hydrogen) atoms. The highest BCUT2D eigenvalue weighted by Gasteiger charge is 2.30. The molecule has 6 heteroatoms. The summed E-state index contributed by atoms with van der Waals surface area (Å²) in [5.41, 5.74) is 4.37. The van der Waals surface area contributed by atoms with E-state index in [2.05, 4.69) is 24.4 Å². The van der Waals surface area contributed by atoms with E-state index < -0.39 is 6.04 Å². The molecule has 0 aliphatic rings. The maximum Gasteiger partial charge on any atom is 0.243 e. The summed E-state index contributed by atoms with van der Waals surface area (Å²) >= 11 is 7.66. The molecule has 0 spiro atoms. The van der Waals surface area contributed by atoms with Gasteiger partial charge in [0.05, 0.1) is 5.75 Å². The van der Waals surface area contributed by atoms with Crippen LogP contribution < -0.4 is 5.32 Å². The molecule has 1 atom stereocenters. The lowest BCUT2D eigenvalue weighted by Gasteiger charge is -2.32. The topological polar surface area (TPSA) is 49.4 Å². The first-order valence-electron chi connectivity index (χ1n) is 11.8. The van der Waals surface area contributed by atoms with Gasteiger partial charge in [-0.25, -0.2) is 0 Å². The van der Waals surface area contributed by atoms with Gasteiger partial charge < -0.3 is 10.2 Å². The summed E-state index contributed by atoms with van der Waals surface area (Å²) in [6, 6.07) is 24.8. The van der Waals surface area contributed by atoms with E-state index in [4.69, 9.17) is 11.6 Å². The van der Waals surface area contributed by atoms with Crippen LogP contribution in [0.5, 0.6) is 0 Å². The van der Waals surface area contributed by atoms with Gasteiger partial charge in [-0.2, -0.15) is 0 Å². The van der Waals surface area contributed by atoms with E-state index in [1.807, 2.05) is 80.6 Å². The van der Waals surface area contributed by atoms with E-state index in [0.717, 1.165) is 16.9 Å². The van der Waals surface area contributed by atoms with E-state index in [-0.39, 0.29) is 17.9 Å². The van der Waals surface area contributed by atoms with Crippen LogP contribution in [0.25, 0.3) is 0 Å². The highest BCUT2D eigenvalue weighted by Crippen LogP contribution is 2.20. The Morgan fingerprint density at radius 1 is 0.914 bits per heavy atom. The summed E-state index contributed by atoms with van der Waals surface area (Å²) in [6.07, 6.45) is 0.446. The van der Waals surface area contributed by atoms with Crippen LogP contribution in [0.3, 0.4) is 0 Å². The molecule has 184 valence electrons. The fraction of sp³-hybridized carbons (Fsp3) is 0.310. The molecule has 0 bridgehead atoms. The number of amides is 2. The first-order chi connectivity index (χ1) is 16.8. The van der Waals surface area contributed by atoms with Crippen LogP contribution >= 0.6 is 23.4 Å². The molecule has 2 amide bonds. The lowest BCUT2D eigenvalue weighted by molar-refractivity contribution is -0.139. The van der Waals surface area contributed by atoms with Gasteiger partial charge in [-0.05, 0) is 55.2 Å². The number of benzene rings is 3. The Balaban J connectivity index is 1.84. The monoisotopic (exact) mass is 508 g/mol. The van der Waals surface area contributed by atoms with Gasteiger partial charge in [0.2, 0.25) is 11.8 Å². The van der Waals surface area contributed by atoms with Gasteiger partial charge >= 0.3 is 0 Å². The Hall–Kier alpha value is -2.76. The number of nitrogens with one attached hydrogen (secondary N) is 1. The minimum absolute atomic E-state index is 0.0244. The number of rotatable bonds is 11. The maximum absolute atomic E-state index is 13.6. The smallest absolute Gasteiger partial charge is 0.243 e. The molecule has 0 heterocycles. The number of carbonyl (C=O) groups is 2. The molecule has 3 rings (SSSR count). The molecule has 3 aromatic rings. The third-order valence-electron chi connectivity index (χ3n) is 5.71. The number of nitrogens with zero attached hydrogens (tertiary/aromatic N) is 1. The molecule has 1 N–H and O–H groups in total. The van der Waals surface area contributed by atoms with E-state index in [1.165, 1.54) is 11.1 Å². The Bertz CT molecular complexity index is 1100. The van der Waals surface area contributed by atoms with Crippen molar-refractivity contribution in [3.63, 3.8) is 0 Å². The minimum Gasteiger partial charge on any atom is -0.352 e. The van der Waals surface area contributed by atoms with Crippen LogP contribution in [0, 0.1) is 6.92 Å². The summed E-state index contributed by atoms with van der Waals surface area (Å²) in [4.78, 5) is 28.7. The minimum atomic E-state index is -0.623. The van der Waals surface area contributed by atoms with Crippen molar-refractivity contribution in [1.82, 2.24) is 10.2 Å². The Kier molecular flexibility index (Phi) is 10.2. The third kappa shape index (κ3) is 8.44. The van der Waals surface area contributed by atoms with Gasteiger partial charge in [0, 0.05) is 29.8 Å². The summed E-state index contributed by atoms with van der Waals surface area (Å²) in [5, 5.41) is 3.66. The van der Waals surface area contributed by atoms with Crippen molar-refractivity contribution in [3.05, 3.63) is 106 Å². The maximum atomic E-state index is 13.6. The zero-order chi connectivity index (χ0) is 25.2. The van der Waals surface area contributed by atoms with E-state index in [9.17, 15) is 9.59 Å². The molecule has 0 unspecified atom stereocenters. The molecular weight excluding hydrogens is 476 g/mol. The average molecular weight is 509 g/mol. The van der Waals surface area contributed by atoms with Crippen molar-refractivity contribution in [3.8, 4) is 0 Å². The van der Waals surface area contributed by atoms with E-state index in [1.54, 1.807) is 16.7 Å². The predicted octanol–water partition coefficient (Wildman–Crippen LogP) is 6.05. The van der Waals surface area contributed by atoms with Gasteiger partial charge in [-0.1, -0.05) is 78.3 Å². The van der Waals surface area contributed by atoms with Gasteiger partial charge in [0.25, 0.3) is 0 Å². The zero-order valence-corrected chi connectivity index (χ0v) is 22.1. The largest absolute Gasteiger partial charge is 0.352 e. The molecule has 0 saturated carbocycles. The van der Waals surface area contributed by atoms with Crippen LogP contribution in [-0.4, -0.2) is 34.6 Å². The number of aryl methyl sites for hydroxylation is 1. The Morgan fingerprint density at radius 3 is 2.23 bits per heavy atom. The van der Waals surface area contributed by atoms with Crippen molar-refractivity contribution in [1.29, 1.82) is 0 Å². The predicted molar refractivity (Wildman–Crippen MR) is 147 cm³/mol. The lowest BCUT2D eigenvalue weighted by atomic mass is 10.0. The first kappa shape index (κ1) is 26.8. The second-order valence-electron chi connectivity index (χ2n) is 8.94. The second kappa shape index (κ2) is 13.4. The normalized spacial score (nSPS) is 11.8. The molecule has 0 radical (unpaired) electrons. The first-order valence-corrected chi connectivity index (χ1v) is 13.4. The number of halogens is 1. The van der Waals surface area contributed by atoms with Crippen molar-refractivity contribution in [2.45, 2.75) is 51.6 Å². The van der Waals surface area contributed by atoms with Crippen LogP contribution in [0.1, 0.15) is 36.1 Å². The summed E-state index contributed by atoms with van der Waals surface area (Å²) in [5.74, 6) is 0.838. The zero-order valence-electron chi connectivity index (χ0n) is 20.5. The molecule has 0 aliphatic heterocycles. The molecule has 0 saturated heterocycles. The molecule has 0 fully saturated rings. The fourth-order valence-electron chi connectivity index (χ4n) is 3.82. The highest BCUT2D eigenvalue weighted by molar-refractivity contribution is 7.99. The quantitative estimate of drug-likeness (QED) is 0.343.